The molecule has 0 saturated carbocycles. The summed E-state index contributed by atoms with van der Waals surface area (Å²) in [7, 11) is 0. The van der Waals surface area contributed by atoms with Crippen LogP contribution in [0, 0.1) is 17.1 Å². The highest BCUT2D eigenvalue weighted by atomic mass is 19.1. The molecule has 3 nitrogen and oxygen atoms in total. The Morgan fingerprint density at radius 1 is 1.24 bits per heavy atom. The van der Waals surface area contributed by atoms with E-state index in [-0.39, 0.29) is 18.0 Å². The molecule has 0 saturated heterocycles. The Hall–Kier alpha value is -2.38. The first-order chi connectivity index (χ1) is 10.1. The molecular weight excluding hydrogens is 267 g/mol. The highest BCUT2D eigenvalue weighted by Gasteiger charge is 2.20. The largest absolute Gasteiger partial charge is 0.484 e. The SMILES string of the molecule is CCC(N)C(Oc1cccc(C#N)c1)c1ccc(F)cc1. The summed E-state index contributed by atoms with van der Waals surface area (Å²) in [5, 5.41) is 8.93. The lowest BCUT2D eigenvalue weighted by Crippen LogP contribution is -2.31. The quantitative estimate of drug-likeness (QED) is 0.913. The summed E-state index contributed by atoms with van der Waals surface area (Å²) in [6.45, 7) is 1.97. The van der Waals surface area contributed by atoms with E-state index in [2.05, 4.69) is 6.07 Å². The Labute approximate surface area is 123 Å². The van der Waals surface area contributed by atoms with E-state index >= 15 is 0 Å². The van der Waals surface area contributed by atoms with Crippen LogP contribution in [0.5, 0.6) is 5.75 Å². The Morgan fingerprint density at radius 3 is 2.57 bits per heavy atom. The maximum absolute atomic E-state index is 13.1. The molecule has 108 valence electrons. The number of nitriles is 1. The minimum atomic E-state index is -0.385. The van der Waals surface area contributed by atoms with Gasteiger partial charge in [-0.25, -0.2) is 4.39 Å². The molecule has 2 unspecified atom stereocenters. The molecule has 2 aromatic carbocycles. The van der Waals surface area contributed by atoms with E-state index in [9.17, 15) is 4.39 Å². The smallest absolute Gasteiger partial charge is 0.139 e. The number of ether oxygens (including phenoxy) is 1. The molecule has 0 spiro atoms. The van der Waals surface area contributed by atoms with E-state index in [1.165, 1.54) is 12.1 Å². The molecule has 21 heavy (non-hydrogen) atoms. The zero-order valence-corrected chi connectivity index (χ0v) is 11.8. The number of nitrogens with zero attached hydrogens (tertiary/aromatic N) is 1. The van der Waals surface area contributed by atoms with Crippen LogP contribution in [0.25, 0.3) is 0 Å². The summed E-state index contributed by atoms with van der Waals surface area (Å²) in [6.07, 6.45) is 0.338. The van der Waals surface area contributed by atoms with Crippen LogP contribution in [-0.2, 0) is 0 Å². The molecule has 0 radical (unpaired) electrons. The minimum absolute atomic E-state index is 0.221. The first-order valence-electron chi connectivity index (χ1n) is 6.82. The molecule has 0 bridgehead atoms. The molecule has 0 amide bonds. The fraction of sp³-hybridized carbons (Fsp3) is 0.235. The molecule has 2 aromatic rings. The summed E-state index contributed by atoms with van der Waals surface area (Å²) >= 11 is 0. The topological polar surface area (TPSA) is 59.0 Å². The third-order valence-electron chi connectivity index (χ3n) is 3.28. The summed E-state index contributed by atoms with van der Waals surface area (Å²) < 4.78 is 19.0. The molecular formula is C17H17FN2O. The van der Waals surface area contributed by atoms with Crippen molar-refractivity contribution in [2.45, 2.75) is 25.5 Å². The average Bonchev–Trinajstić information content (AvgIpc) is 2.53. The van der Waals surface area contributed by atoms with Crippen molar-refractivity contribution in [3.63, 3.8) is 0 Å². The number of hydrogen-bond donors (Lipinski definition) is 1. The Bertz CT molecular complexity index is 634. The van der Waals surface area contributed by atoms with E-state index in [4.69, 9.17) is 15.7 Å². The summed E-state index contributed by atoms with van der Waals surface area (Å²) in [5.74, 6) is 0.279. The number of nitrogens with two attached hydrogens (primary N) is 1. The van der Waals surface area contributed by atoms with E-state index in [0.717, 1.165) is 12.0 Å². The second-order valence-corrected chi connectivity index (χ2v) is 4.80. The van der Waals surface area contributed by atoms with Crippen molar-refractivity contribution < 1.29 is 9.13 Å². The van der Waals surface area contributed by atoms with Crippen molar-refractivity contribution in [1.82, 2.24) is 0 Å². The minimum Gasteiger partial charge on any atom is -0.484 e. The lowest BCUT2D eigenvalue weighted by molar-refractivity contribution is 0.171. The van der Waals surface area contributed by atoms with Crippen molar-refractivity contribution in [2.24, 2.45) is 5.73 Å². The van der Waals surface area contributed by atoms with Gasteiger partial charge in [0.25, 0.3) is 0 Å². The number of halogens is 1. The highest BCUT2D eigenvalue weighted by Crippen LogP contribution is 2.26. The third kappa shape index (κ3) is 3.80. The summed E-state index contributed by atoms with van der Waals surface area (Å²) in [6, 6.07) is 14.9. The van der Waals surface area contributed by atoms with E-state index in [1.54, 1.807) is 36.4 Å². The van der Waals surface area contributed by atoms with Gasteiger partial charge in [-0.2, -0.15) is 5.26 Å². The molecule has 0 aliphatic carbocycles. The molecule has 0 fully saturated rings. The van der Waals surface area contributed by atoms with Crippen LogP contribution in [0.4, 0.5) is 4.39 Å². The van der Waals surface area contributed by atoms with Gasteiger partial charge in [-0.3, -0.25) is 0 Å². The number of hydrogen-bond acceptors (Lipinski definition) is 3. The van der Waals surface area contributed by atoms with Crippen LogP contribution in [-0.4, -0.2) is 6.04 Å². The van der Waals surface area contributed by atoms with Gasteiger partial charge >= 0.3 is 0 Å². The van der Waals surface area contributed by atoms with Gasteiger partial charge in [0.1, 0.15) is 17.7 Å². The number of benzene rings is 2. The van der Waals surface area contributed by atoms with Crippen LogP contribution in [0.2, 0.25) is 0 Å². The lowest BCUT2D eigenvalue weighted by Gasteiger charge is -2.25. The van der Waals surface area contributed by atoms with Crippen molar-refractivity contribution in [1.29, 1.82) is 5.26 Å². The maximum atomic E-state index is 13.1. The van der Waals surface area contributed by atoms with E-state index in [1.807, 2.05) is 6.92 Å². The van der Waals surface area contributed by atoms with Crippen LogP contribution >= 0.6 is 0 Å². The standard InChI is InChI=1S/C17H17FN2O/c1-2-16(20)17(13-6-8-14(18)9-7-13)21-15-5-3-4-12(10-15)11-19/h3-10,16-17H,2,20H2,1H3. The van der Waals surface area contributed by atoms with Crippen LogP contribution in [0.1, 0.15) is 30.6 Å². The predicted molar refractivity (Wildman–Crippen MR) is 79.2 cm³/mol. The van der Waals surface area contributed by atoms with Gasteiger partial charge in [0.05, 0.1) is 11.6 Å². The first kappa shape index (κ1) is 15.0. The molecule has 4 heteroatoms. The molecule has 0 aliphatic heterocycles. The zero-order valence-electron chi connectivity index (χ0n) is 11.8. The summed E-state index contributed by atoms with van der Waals surface area (Å²) in [4.78, 5) is 0. The lowest BCUT2D eigenvalue weighted by atomic mass is 10.0. The van der Waals surface area contributed by atoms with Crippen LogP contribution < -0.4 is 10.5 Å². The monoisotopic (exact) mass is 284 g/mol. The average molecular weight is 284 g/mol. The van der Waals surface area contributed by atoms with E-state index in [0.29, 0.717) is 11.3 Å². The Morgan fingerprint density at radius 2 is 1.95 bits per heavy atom. The van der Waals surface area contributed by atoms with Gasteiger partial charge in [-0.15, -0.1) is 0 Å². The molecule has 2 atom stereocenters. The number of rotatable bonds is 5. The van der Waals surface area contributed by atoms with Crippen molar-refractivity contribution in [3.8, 4) is 11.8 Å². The van der Waals surface area contributed by atoms with Crippen molar-refractivity contribution in [2.75, 3.05) is 0 Å². The van der Waals surface area contributed by atoms with Crippen LogP contribution in [0.3, 0.4) is 0 Å². The maximum Gasteiger partial charge on any atom is 0.139 e. The fourth-order valence-electron chi connectivity index (χ4n) is 2.05. The summed E-state index contributed by atoms with van der Waals surface area (Å²) in [5.41, 5.74) is 7.46. The van der Waals surface area contributed by atoms with Crippen LogP contribution in [0.15, 0.2) is 48.5 Å². The van der Waals surface area contributed by atoms with Crippen molar-refractivity contribution >= 4 is 0 Å². The Kier molecular flexibility index (Phi) is 4.91. The molecule has 0 aliphatic rings. The van der Waals surface area contributed by atoms with Gasteiger partial charge in [0.2, 0.25) is 0 Å². The normalized spacial score (nSPS) is 13.2. The fourth-order valence-corrected chi connectivity index (χ4v) is 2.05. The van der Waals surface area contributed by atoms with Gasteiger partial charge in [0, 0.05) is 6.04 Å². The molecule has 2 N–H and O–H groups in total. The van der Waals surface area contributed by atoms with Gasteiger partial charge in [0.15, 0.2) is 0 Å². The van der Waals surface area contributed by atoms with Crippen molar-refractivity contribution in [3.05, 3.63) is 65.5 Å². The highest BCUT2D eigenvalue weighted by molar-refractivity contribution is 5.36. The molecule has 0 aromatic heterocycles. The second-order valence-electron chi connectivity index (χ2n) is 4.80. The predicted octanol–water partition coefficient (Wildman–Crippen LogP) is 3.55. The van der Waals surface area contributed by atoms with Gasteiger partial charge < -0.3 is 10.5 Å². The molecule has 0 heterocycles. The molecule has 2 rings (SSSR count). The third-order valence-corrected chi connectivity index (χ3v) is 3.28. The zero-order chi connectivity index (χ0) is 15.2. The van der Waals surface area contributed by atoms with E-state index < -0.39 is 0 Å². The Balaban J connectivity index is 2.28. The first-order valence-corrected chi connectivity index (χ1v) is 6.82. The van der Waals surface area contributed by atoms with Gasteiger partial charge in [-0.05, 0) is 42.3 Å². The second kappa shape index (κ2) is 6.87. The van der Waals surface area contributed by atoms with Gasteiger partial charge in [-0.1, -0.05) is 25.1 Å².